The van der Waals surface area contributed by atoms with Crippen molar-refractivity contribution in [2.24, 2.45) is 46.8 Å². The van der Waals surface area contributed by atoms with Gasteiger partial charge in [0.25, 0.3) is 11.2 Å². The number of carbonyl (C=O) groups is 4. The number of carbonyl (C=O) groups excluding carboxylic acids is 4. The molecule has 7 fully saturated rings. The summed E-state index contributed by atoms with van der Waals surface area (Å²) in [5.41, 5.74) is -0.631. The van der Waals surface area contributed by atoms with Gasteiger partial charge in [-0.25, -0.2) is 17.2 Å². The molecule has 1 aliphatic heterocycles. The van der Waals surface area contributed by atoms with Gasteiger partial charge in [0, 0.05) is 12.8 Å². The van der Waals surface area contributed by atoms with Crippen molar-refractivity contribution in [2.45, 2.75) is 69.3 Å². The van der Waals surface area contributed by atoms with Crippen molar-refractivity contribution in [1.82, 2.24) is 4.90 Å². The largest absolute Gasteiger partial charge is 0.746 e. The van der Waals surface area contributed by atoms with Crippen molar-refractivity contribution in [3.63, 3.8) is 0 Å². The molecule has 0 radical (unpaired) electrons. The second kappa shape index (κ2) is 8.17. The number of amides is 2. The number of halogens is 2. The first kappa shape index (κ1) is 26.5. The summed E-state index contributed by atoms with van der Waals surface area (Å²) in [5.74, 6) is -5.28. The number of esters is 2. The molecule has 6 atom stereocenters. The molecular formula is C24H27F2NO9RfS-2. The van der Waals surface area contributed by atoms with Gasteiger partial charge in [-0.1, -0.05) is 6.61 Å². The van der Waals surface area contributed by atoms with E-state index in [9.17, 15) is 40.9 Å². The maximum Gasteiger partial charge on any atom is 0.312 e. The van der Waals surface area contributed by atoms with E-state index in [-0.39, 0.29) is 6.42 Å². The molecule has 10 nitrogen and oxygen atoms in total. The van der Waals surface area contributed by atoms with Crippen LogP contribution in [0.5, 0.6) is 0 Å². The van der Waals surface area contributed by atoms with Crippen LogP contribution in [-0.2, 0) is 38.8 Å². The molecule has 0 spiro atoms. The summed E-state index contributed by atoms with van der Waals surface area (Å²) in [6.45, 7) is 0.550. The van der Waals surface area contributed by atoms with Crippen LogP contribution in [0.15, 0.2) is 0 Å². The number of rotatable bonds is 6. The Kier molecular flexibility index (Phi) is 5.69. The quantitative estimate of drug-likeness (QED) is 0.222. The molecule has 6 saturated carbocycles. The van der Waals surface area contributed by atoms with Crippen LogP contribution >= 0.6 is 0 Å². The Morgan fingerprint density at radius 1 is 1.05 bits per heavy atom. The third kappa shape index (κ3) is 3.55. The normalized spacial score (nSPS) is 42.3. The molecule has 0 N–H and O–H groups in total. The van der Waals surface area contributed by atoms with E-state index >= 15 is 0 Å². The number of hydrogen-bond acceptors (Lipinski definition) is 9. The minimum absolute atomic E-state index is 0. The molecule has 206 valence electrons. The minimum atomic E-state index is -6.13. The molecule has 0 aromatic heterocycles. The zero-order valence-corrected chi connectivity index (χ0v) is 27.9. The standard InChI is InChI=1S/C24H28F2NO9S.Rf/c1-10(28)27-18-14-5-15(17(16(14)20(27)29)21(30)35-9-24(25,26)37(32,33)34)19(18)36-22(31)23-6-11-2-12(7-23)4-13(3-11)8-23;/h9,11-19H,2-8H2,1H3,(H,32,33,34);/q-1;/p-1. The zero-order valence-electron chi connectivity index (χ0n) is 20.7. The fourth-order valence-corrected chi connectivity index (χ4v) is 9.19. The fourth-order valence-electron chi connectivity index (χ4n) is 9.03. The number of ether oxygens (including phenoxy) is 2. The molecule has 1 saturated heterocycles. The number of hydrogen-bond donors (Lipinski definition) is 0. The zero-order chi connectivity index (χ0) is 26.7. The van der Waals surface area contributed by atoms with Crippen LogP contribution in [0.4, 0.5) is 8.78 Å². The van der Waals surface area contributed by atoms with E-state index in [0.717, 1.165) is 43.4 Å². The molecule has 6 aliphatic carbocycles. The molecule has 38 heavy (non-hydrogen) atoms. The Morgan fingerprint density at radius 2 is 1.61 bits per heavy atom. The summed E-state index contributed by atoms with van der Waals surface area (Å²) in [7, 11) is -6.13. The third-order valence-corrected chi connectivity index (χ3v) is 10.6. The van der Waals surface area contributed by atoms with Gasteiger partial charge in [0.05, 0.1) is 23.3 Å². The Balaban J connectivity index is 0.00000294. The molecule has 0 aromatic rings. The topological polar surface area (TPSA) is 147 Å². The molecule has 1 heterocycles. The maximum atomic E-state index is 13.7. The monoisotopic (exact) mass is 810 g/mol. The summed E-state index contributed by atoms with van der Waals surface area (Å²) in [4.78, 5) is 53.1. The van der Waals surface area contributed by atoms with Crippen LogP contribution in [-0.4, -0.2) is 59.0 Å². The van der Waals surface area contributed by atoms with E-state index < -0.39 is 87.0 Å². The average Bonchev–Trinajstić information content (AvgIpc) is 3.38. The van der Waals surface area contributed by atoms with Crippen LogP contribution in [0.1, 0.15) is 51.9 Å². The smallest absolute Gasteiger partial charge is 0.312 e. The predicted molar refractivity (Wildman–Crippen MR) is 115 cm³/mol. The second-order valence-corrected chi connectivity index (χ2v) is 13.4. The minimum Gasteiger partial charge on any atom is -0.746 e. The van der Waals surface area contributed by atoms with Crippen molar-refractivity contribution in [3.05, 3.63) is 6.61 Å². The van der Waals surface area contributed by atoms with Gasteiger partial charge in [-0.05, 0) is 68.6 Å². The summed E-state index contributed by atoms with van der Waals surface area (Å²) < 4.78 is 70.0. The Morgan fingerprint density at radius 3 is 2.11 bits per heavy atom. The first-order valence-electron chi connectivity index (χ1n) is 12.7. The van der Waals surface area contributed by atoms with Crippen molar-refractivity contribution in [2.75, 3.05) is 0 Å². The first-order valence-corrected chi connectivity index (χ1v) is 14.1. The number of fused-ring (bicyclic) bond motifs is 1. The van der Waals surface area contributed by atoms with E-state index in [4.69, 9.17) is 4.74 Å². The van der Waals surface area contributed by atoms with Gasteiger partial charge in [0.1, 0.15) is 16.2 Å². The molecule has 6 unspecified atom stereocenters. The molecule has 6 bridgehead atoms. The number of nitrogens with zero attached hydrogens (tertiary/aromatic N) is 1. The second-order valence-electron chi connectivity index (χ2n) is 12.0. The van der Waals surface area contributed by atoms with E-state index in [1.807, 2.05) is 0 Å². The van der Waals surface area contributed by atoms with E-state index in [1.54, 1.807) is 0 Å². The van der Waals surface area contributed by atoms with Crippen LogP contribution in [0.2, 0.25) is 0 Å². The SMILES string of the molecule is CC(=O)N1C(=O)C2C3CC(C(OC(=O)C45CC6CC(CC(C6)C4)C5)C31)C2C(=O)O[CH-]C(F)(F)S(=O)(=O)[O-].[Rf]. The van der Waals surface area contributed by atoms with Crippen molar-refractivity contribution >= 4 is 33.9 Å². The summed E-state index contributed by atoms with van der Waals surface area (Å²) in [6, 6.07) is -0.755. The van der Waals surface area contributed by atoms with Gasteiger partial charge in [0.15, 0.2) is 0 Å². The van der Waals surface area contributed by atoms with Crippen LogP contribution < -0.4 is 0 Å². The number of alkyl halides is 2. The molecular weight excluding hydrogens is 783 g/mol. The van der Waals surface area contributed by atoms with Gasteiger partial charge in [-0.2, -0.15) is 0 Å². The summed E-state index contributed by atoms with van der Waals surface area (Å²) >= 11 is 0. The molecule has 2 amide bonds. The summed E-state index contributed by atoms with van der Waals surface area (Å²) in [5, 5.41) is -4.96. The van der Waals surface area contributed by atoms with E-state index in [2.05, 4.69) is 4.74 Å². The van der Waals surface area contributed by atoms with Crippen LogP contribution in [0, 0.1) is 53.4 Å². The predicted octanol–water partition coefficient (Wildman–Crippen LogP) is 1.60. The Bertz CT molecular complexity index is 1160. The van der Waals surface area contributed by atoms with E-state index in [1.165, 1.54) is 6.92 Å². The van der Waals surface area contributed by atoms with Crippen LogP contribution in [0.25, 0.3) is 0 Å². The molecule has 7 aliphatic rings. The Hall–Kier alpha value is -3.15. The van der Waals surface area contributed by atoms with Gasteiger partial charge in [-0.15, -0.1) is 0 Å². The fraction of sp³-hybridized carbons (Fsp3) is 0.792. The van der Waals surface area contributed by atoms with Gasteiger partial charge < -0.3 is 14.0 Å². The molecule has 7 rings (SSSR count). The third-order valence-electron chi connectivity index (χ3n) is 9.84. The molecule has 0 aromatic carbocycles. The average molecular weight is 811 g/mol. The van der Waals surface area contributed by atoms with Crippen LogP contribution in [0.3, 0.4) is 0 Å². The van der Waals surface area contributed by atoms with Gasteiger partial charge in [-0.3, -0.25) is 24.1 Å². The van der Waals surface area contributed by atoms with Crippen molar-refractivity contribution in [3.8, 4) is 0 Å². The number of likely N-dealkylation sites (tertiary alicyclic amines) is 1. The first-order chi connectivity index (χ1) is 17.2. The van der Waals surface area contributed by atoms with Gasteiger partial charge >= 0.3 is 5.97 Å². The van der Waals surface area contributed by atoms with Crippen molar-refractivity contribution in [1.29, 1.82) is 0 Å². The summed E-state index contributed by atoms with van der Waals surface area (Å²) in [6.07, 6.45) is 4.71. The number of imide groups is 1. The maximum absolute atomic E-state index is 13.7. The molecule has 14 heteroatoms. The van der Waals surface area contributed by atoms with Crippen molar-refractivity contribution < 1.29 is 50.4 Å². The van der Waals surface area contributed by atoms with E-state index in [0.29, 0.717) is 17.8 Å². The Labute approximate surface area is 212 Å². The van der Waals surface area contributed by atoms with Gasteiger partial charge in [0.2, 0.25) is 11.8 Å².